The first-order valence-corrected chi connectivity index (χ1v) is 9.42. The van der Waals surface area contributed by atoms with Gasteiger partial charge in [-0.05, 0) is 54.8 Å². The van der Waals surface area contributed by atoms with E-state index in [-0.39, 0.29) is 17.2 Å². The van der Waals surface area contributed by atoms with Crippen molar-refractivity contribution in [2.75, 3.05) is 5.32 Å². The number of anilines is 1. The summed E-state index contributed by atoms with van der Waals surface area (Å²) < 4.78 is 1.52. The number of nitrogens with one attached hydrogen (secondary N) is 1. The molecule has 7 nitrogen and oxygen atoms in total. The molecular weight excluding hydrogens is 378 g/mol. The van der Waals surface area contributed by atoms with E-state index in [4.69, 9.17) is 5.26 Å². The summed E-state index contributed by atoms with van der Waals surface area (Å²) in [6.07, 6.45) is 3.11. The van der Waals surface area contributed by atoms with Crippen LogP contribution in [0.25, 0.3) is 0 Å². The quantitative estimate of drug-likeness (QED) is 0.734. The van der Waals surface area contributed by atoms with E-state index in [1.54, 1.807) is 33.2 Å². The fourth-order valence-electron chi connectivity index (χ4n) is 3.50. The van der Waals surface area contributed by atoms with Gasteiger partial charge in [-0.3, -0.25) is 14.6 Å². The van der Waals surface area contributed by atoms with Gasteiger partial charge < -0.3 is 9.88 Å². The largest absolute Gasteiger partial charge is 0.321 e. The summed E-state index contributed by atoms with van der Waals surface area (Å²) in [6, 6.07) is 11.2. The number of carbonyl (C=O) groups is 1. The SMILES string of the molecule is Cc1c(C#N)cnc(C(=O)Nc2ccc3c(c2)C(c2cccn(C)c2=O)=NC3)c1C. The Hall–Kier alpha value is -4.05. The van der Waals surface area contributed by atoms with E-state index in [1.807, 2.05) is 24.3 Å². The van der Waals surface area contributed by atoms with Crippen molar-refractivity contribution in [3.63, 3.8) is 0 Å². The maximum Gasteiger partial charge on any atom is 0.274 e. The Balaban J connectivity index is 1.66. The molecule has 1 aliphatic rings. The number of benzene rings is 1. The highest BCUT2D eigenvalue weighted by molar-refractivity contribution is 6.15. The molecular formula is C23H19N5O2. The van der Waals surface area contributed by atoms with Crippen LogP contribution >= 0.6 is 0 Å². The van der Waals surface area contributed by atoms with E-state index in [0.29, 0.717) is 34.6 Å². The second kappa shape index (κ2) is 7.41. The fourth-order valence-corrected chi connectivity index (χ4v) is 3.50. The predicted octanol–water partition coefficient (Wildman–Crippen LogP) is 2.87. The molecule has 1 amide bonds. The third-order valence-electron chi connectivity index (χ3n) is 5.39. The van der Waals surface area contributed by atoms with Crippen LogP contribution in [0.2, 0.25) is 0 Å². The van der Waals surface area contributed by atoms with Crippen molar-refractivity contribution in [3.05, 3.63) is 92.2 Å². The Morgan fingerprint density at radius 3 is 2.77 bits per heavy atom. The zero-order valence-corrected chi connectivity index (χ0v) is 16.9. The van der Waals surface area contributed by atoms with E-state index in [1.165, 1.54) is 10.8 Å². The van der Waals surface area contributed by atoms with E-state index < -0.39 is 0 Å². The minimum Gasteiger partial charge on any atom is -0.321 e. The number of pyridine rings is 2. The minimum absolute atomic E-state index is 0.119. The van der Waals surface area contributed by atoms with Crippen molar-refractivity contribution in [3.8, 4) is 6.07 Å². The first-order chi connectivity index (χ1) is 14.4. The topological polar surface area (TPSA) is 100 Å². The van der Waals surface area contributed by atoms with Gasteiger partial charge in [0.15, 0.2) is 0 Å². The lowest BCUT2D eigenvalue weighted by atomic mass is 10.00. The molecule has 0 bridgehead atoms. The summed E-state index contributed by atoms with van der Waals surface area (Å²) in [5.74, 6) is -0.354. The molecule has 0 saturated carbocycles. The lowest BCUT2D eigenvalue weighted by molar-refractivity contribution is 0.102. The molecule has 0 unspecified atom stereocenters. The third kappa shape index (κ3) is 3.18. The number of nitrogens with zero attached hydrogens (tertiary/aromatic N) is 4. The molecule has 1 aromatic carbocycles. The average Bonchev–Trinajstić information content (AvgIpc) is 3.15. The van der Waals surface area contributed by atoms with Gasteiger partial charge in [-0.2, -0.15) is 5.26 Å². The van der Waals surface area contributed by atoms with E-state index >= 15 is 0 Å². The number of aryl methyl sites for hydroxylation is 1. The summed E-state index contributed by atoms with van der Waals surface area (Å²) >= 11 is 0. The van der Waals surface area contributed by atoms with Crippen LogP contribution in [0.5, 0.6) is 0 Å². The van der Waals surface area contributed by atoms with Crippen molar-refractivity contribution < 1.29 is 4.79 Å². The molecule has 4 rings (SSSR count). The van der Waals surface area contributed by atoms with Crippen LogP contribution in [0.4, 0.5) is 5.69 Å². The molecule has 0 radical (unpaired) electrons. The first kappa shape index (κ1) is 19.3. The minimum atomic E-state index is -0.354. The molecule has 30 heavy (non-hydrogen) atoms. The molecule has 0 saturated heterocycles. The maximum absolute atomic E-state index is 12.8. The van der Waals surface area contributed by atoms with Gasteiger partial charge in [0, 0.05) is 30.7 Å². The monoisotopic (exact) mass is 397 g/mol. The Morgan fingerprint density at radius 2 is 2.00 bits per heavy atom. The Morgan fingerprint density at radius 1 is 1.20 bits per heavy atom. The molecule has 7 heteroatoms. The number of amides is 1. The number of nitriles is 1. The molecule has 0 spiro atoms. The van der Waals surface area contributed by atoms with E-state index in [0.717, 1.165) is 16.7 Å². The maximum atomic E-state index is 12.8. The van der Waals surface area contributed by atoms with Crippen LogP contribution < -0.4 is 10.9 Å². The van der Waals surface area contributed by atoms with Crippen LogP contribution in [-0.2, 0) is 13.6 Å². The molecule has 2 aromatic heterocycles. The second-order valence-electron chi connectivity index (χ2n) is 7.21. The smallest absolute Gasteiger partial charge is 0.274 e. The zero-order valence-electron chi connectivity index (χ0n) is 16.9. The van der Waals surface area contributed by atoms with Crippen LogP contribution in [0.3, 0.4) is 0 Å². The number of carbonyl (C=O) groups excluding carboxylic acids is 1. The van der Waals surface area contributed by atoms with Gasteiger partial charge in [0.2, 0.25) is 0 Å². The molecule has 148 valence electrons. The summed E-state index contributed by atoms with van der Waals surface area (Å²) in [6.45, 7) is 4.06. The third-order valence-corrected chi connectivity index (χ3v) is 5.39. The van der Waals surface area contributed by atoms with Crippen molar-refractivity contribution in [2.24, 2.45) is 12.0 Å². The Labute approximate surface area is 173 Å². The highest BCUT2D eigenvalue weighted by Crippen LogP contribution is 2.26. The Kier molecular flexibility index (Phi) is 4.76. The van der Waals surface area contributed by atoms with Crippen LogP contribution in [0.15, 0.2) is 52.5 Å². The van der Waals surface area contributed by atoms with Crippen LogP contribution in [-0.4, -0.2) is 21.2 Å². The van der Waals surface area contributed by atoms with Crippen molar-refractivity contribution in [1.29, 1.82) is 5.26 Å². The second-order valence-corrected chi connectivity index (χ2v) is 7.21. The number of fused-ring (bicyclic) bond motifs is 1. The van der Waals surface area contributed by atoms with Gasteiger partial charge in [0.1, 0.15) is 11.8 Å². The summed E-state index contributed by atoms with van der Waals surface area (Å²) in [4.78, 5) is 34.0. The molecule has 0 aliphatic carbocycles. The van der Waals surface area contributed by atoms with Crippen molar-refractivity contribution in [2.45, 2.75) is 20.4 Å². The molecule has 0 atom stereocenters. The van der Waals surface area contributed by atoms with E-state index in [2.05, 4.69) is 21.4 Å². The summed E-state index contributed by atoms with van der Waals surface area (Å²) in [7, 11) is 1.70. The number of rotatable bonds is 3. The van der Waals surface area contributed by atoms with Gasteiger partial charge in [0.25, 0.3) is 11.5 Å². The number of aromatic nitrogens is 2. The Bertz CT molecular complexity index is 1330. The highest BCUT2D eigenvalue weighted by atomic mass is 16.2. The predicted molar refractivity (Wildman–Crippen MR) is 114 cm³/mol. The zero-order chi connectivity index (χ0) is 21.4. The number of aliphatic imine (C=N–C) groups is 1. The normalized spacial score (nSPS) is 12.1. The number of hydrogen-bond donors (Lipinski definition) is 1. The van der Waals surface area contributed by atoms with Gasteiger partial charge in [-0.1, -0.05) is 6.07 Å². The molecule has 1 aliphatic heterocycles. The van der Waals surface area contributed by atoms with Crippen LogP contribution in [0.1, 0.15) is 43.9 Å². The fraction of sp³-hybridized carbons (Fsp3) is 0.174. The van der Waals surface area contributed by atoms with Crippen molar-refractivity contribution >= 4 is 17.3 Å². The summed E-state index contributed by atoms with van der Waals surface area (Å²) in [5.41, 5.74) is 5.59. The van der Waals surface area contributed by atoms with Gasteiger partial charge >= 0.3 is 0 Å². The standard InChI is InChI=1S/C23H19N5O2/c1-13-14(2)20(25-12-16(13)10-24)22(29)27-17-7-6-15-11-26-21(19(15)9-17)18-5-4-8-28(3)23(18)30/h4-9,12H,11H2,1-3H3,(H,27,29). The van der Waals surface area contributed by atoms with Gasteiger partial charge in [0.05, 0.1) is 23.4 Å². The van der Waals surface area contributed by atoms with E-state index in [9.17, 15) is 9.59 Å². The molecule has 1 N–H and O–H groups in total. The molecule has 3 aromatic rings. The first-order valence-electron chi connectivity index (χ1n) is 9.42. The molecule has 3 heterocycles. The van der Waals surface area contributed by atoms with Gasteiger partial charge in [-0.15, -0.1) is 0 Å². The average molecular weight is 397 g/mol. The van der Waals surface area contributed by atoms with Crippen molar-refractivity contribution in [1.82, 2.24) is 9.55 Å². The van der Waals surface area contributed by atoms with Crippen LogP contribution in [0, 0.1) is 25.2 Å². The van der Waals surface area contributed by atoms with Gasteiger partial charge in [-0.25, -0.2) is 4.98 Å². The number of hydrogen-bond acceptors (Lipinski definition) is 5. The lowest BCUT2D eigenvalue weighted by Gasteiger charge is -2.11. The summed E-state index contributed by atoms with van der Waals surface area (Å²) in [5, 5.41) is 12.0. The molecule has 0 fully saturated rings. The highest BCUT2D eigenvalue weighted by Gasteiger charge is 2.21. The lowest BCUT2D eigenvalue weighted by Crippen LogP contribution is -2.23.